The molecule has 2 amide bonds. The average molecular weight is 329 g/mol. The zero-order valence-corrected chi connectivity index (χ0v) is 14.8. The van der Waals surface area contributed by atoms with E-state index in [-0.39, 0.29) is 11.4 Å². The van der Waals surface area contributed by atoms with Crippen LogP contribution in [0.3, 0.4) is 0 Å². The Balaban J connectivity index is 1.78. The molecule has 0 fully saturated rings. The standard InChI is InChI=1S/C19H27N3O2/c1-19(2,3)14-7-9-15(10-8-14)21-18(24)20-12-11-17(23)16-6-5-13-22(16)4/h5-10,13,17,23H,11-12H2,1-4H3,(H2,20,21,24). The van der Waals surface area contributed by atoms with Crippen LogP contribution >= 0.6 is 0 Å². The van der Waals surface area contributed by atoms with Crippen LogP contribution in [-0.4, -0.2) is 22.2 Å². The number of hydrogen-bond acceptors (Lipinski definition) is 2. The molecule has 1 aromatic carbocycles. The van der Waals surface area contributed by atoms with Crippen LogP contribution in [0.15, 0.2) is 42.6 Å². The Morgan fingerprint density at radius 2 is 1.88 bits per heavy atom. The number of aromatic nitrogens is 1. The highest BCUT2D eigenvalue weighted by Crippen LogP contribution is 2.23. The van der Waals surface area contributed by atoms with Gasteiger partial charge < -0.3 is 20.3 Å². The second-order valence-electron chi connectivity index (χ2n) is 7.06. The highest BCUT2D eigenvalue weighted by Gasteiger charge is 2.13. The molecule has 1 atom stereocenters. The third-order valence-corrected chi connectivity index (χ3v) is 4.04. The summed E-state index contributed by atoms with van der Waals surface area (Å²) in [6.07, 6.45) is 1.77. The third-order valence-electron chi connectivity index (χ3n) is 4.04. The molecule has 1 aromatic heterocycles. The number of carbonyl (C=O) groups is 1. The number of rotatable bonds is 5. The van der Waals surface area contributed by atoms with Gasteiger partial charge in [-0.2, -0.15) is 0 Å². The molecule has 2 rings (SSSR count). The maximum atomic E-state index is 11.9. The number of anilines is 1. The zero-order chi connectivity index (χ0) is 17.7. The number of aliphatic hydroxyl groups excluding tert-OH is 1. The van der Waals surface area contributed by atoms with E-state index in [1.165, 1.54) is 5.56 Å². The van der Waals surface area contributed by atoms with Gasteiger partial charge in [-0.25, -0.2) is 4.79 Å². The summed E-state index contributed by atoms with van der Waals surface area (Å²) in [7, 11) is 1.89. The van der Waals surface area contributed by atoms with Crippen LogP contribution in [0.4, 0.5) is 10.5 Å². The van der Waals surface area contributed by atoms with Gasteiger partial charge >= 0.3 is 6.03 Å². The number of aliphatic hydroxyl groups is 1. The molecule has 24 heavy (non-hydrogen) atoms. The van der Waals surface area contributed by atoms with Crippen molar-refractivity contribution >= 4 is 11.7 Å². The lowest BCUT2D eigenvalue weighted by molar-refractivity contribution is 0.159. The van der Waals surface area contributed by atoms with Gasteiger partial charge in [-0.05, 0) is 41.7 Å². The summed E-state index contributed by atoms with van der Waals surface area (Å²) in [6.45, 7) is 6.86. The fourth-order valence-corrected chi connectivity index (χ4v) is 2.52. The summed E-state index contributed by atoms with van der Waals surface area (Å²) < 4.78 is 1.88. The molecule has 0 saturated carbocycles. The molecule has 130 valence electrons. The van der Waals surface area contributed by atoms with Crippen molar-refractivity contribution in [3.05, 3.63) is 53.9 Å². The predicted molar refractivity (Wildman–Crippen MR) is 97.2 cm³/mol. The van der Waals surface area contributed by atoms with Crippen LogP contribution < -0.4 is 10.6 Å². The van der Waals surface area contributed by atoms with E-state index in [2.05, 4.69) is 31.4 Å². The average Bonchev–Trinajstić information content (AvgIpc) is 2.93. The van der Waals surface area contributed by atoms with Crippen LogP contribution in [-0.2, 0) is 12.5 Å². The molecule has 2 aromatic rings. The summed E-state index contributed by atoms with van der Waals surface area (Å²) in [6, 6.07) is 11.3. The Morgan fingerprint density at radius 3 is 2.42 bits per heavy atom. The highest BCUT2D eigenvalue weighted by molar-refractivity contribution is 5.89. The zero-order valence-electron chi connectivity index (χ0n) is 14.8. The van der Waals surface area contributed by atoms with E-state index >= 15 is 0 Å². The minimum Gasteiger partial charge on any atom is -0.387 e. The predicted octanol–water partition coefficient (Wildman–Crippen LogP) is 3.57. The fraction of sp³-hybridized carbons (Fsp3) is 0.421. The quantitative estimate of drug-likeness (QED) is 0.785. The van der Waals surface area contributed by atoms with Crippen LogP contribution in [0.1, 0.15) is 44.6 Å². The van der Waals surface area contributed by atoms with Gasteiger partial charge in [0.25, 0.3) is 0 Å². The lowest BCUT2D eigenvalue weighted by Crippen LogP contribution is -2.30. The fourth-order valence-electron chi connectivity index (χ4n) is 2.52. The van der Waals surface area contributed by atoms with E-state index < -0.39 is 6.10 Å². The van der Waals surface area contributed by atoms with Crippen molar-refractivity contribution in [1.82, 2.24) is 9.88 Å². The smallest absolute Gasteiger partial charge is 0.319 e. The van der Waals surface area contributed by atoms with Crippen molar-refractivity contribution in [2.75, 3.05) is 11.9 Å². The first-order valence-corrected chi connectivity index (χ1v) is 8.22. The van der Waals surface area contributed by atoms with Crippen molar-refractivity contribution in [1.29, 1.82) is 0 Å². The first kappa shape index (κ1) is 18.1. The molecule has 1 unspecified atom stereocenters. The van der Waals surface area contributed by atoms with Gasteiger partial charge in [0.15, 0.2) is 0 Å². The third kappa shape index (κ3) is 4.86. The van der Waals surface area contributed by atoms with E-state index in [0.29, 0.717) is 13.0 Å². The monoisotopic (exact) mass is 329 g/mol. The van der Waals surface area contributed by atoms with Gasteiger partial charge in [-0.1, -0.05) is 32.9 Å². The van der Waals surface area contributed by atoms with E-state index in [4.69, 9.17) is 0 Å². The van der Waals surface area contributed by atoms with Gasteiger partial charge in [0.1, 0.15) is 0 Å². The number of urea groups is 1. The number of benzene rings is 1. The topological polar surface area (TPSA) is 66.3 Å². The Bertz CT molecular complexity index is 669. The second-order valence-corrected chi connectivity index (χ2v) is 7.06. The molecule has 5 nitrogen and oxygen atoms in total. The van der Waals surface area contributed by atoms with Gasteiger partial charge in [-0.3, -0.25) is 0 Å². The van der Waals surface area contributed by atoms with Crippen LogP contribution in [0.25, 0.3) is 0 Å². The van der Waals surface area contributed by atoms with Crippen molar-refractivity contribution < 1.29 is 9.90 Å². The molecular weight excluding hydrogens is 302 g/mol. The van der Waals surface area contributed by atoms with E-state index in [1.807, 2.05) is 54.2 Å². The van der Waals surface area contributed by atoms with Gasteiger partial charge in [0, 0.05) is 31.2 Å². The number of nitrogens with one attached hydrogen (secondary N) is 2. The number of aryl methyl sites for hydroxylation is 1. The molecular formula is C19H27N3O2. The molecule has 3 N–H and O–H groups in total. The lowest BCUT2D eigenvalue weighted by atomic mass is 9.87. The molecule has 0 aliphatic heterocycles. The van der Waals surface area contributed by atoms with E-state index in [9.17, 15) is 9.90 Å². The van der Waals surface area contributed by atoms with Gasteiger partial charge in [0.2, 0.25) is 0 Å². The van der Waals surface area contributed by atoms with Crippen molar-refractivity contribution in [2.24, 2.45) is 7.05 Å². The molecule has 0 spiro atoms. The van der Waals surface area contributed by atoms with Crippen molar-refractivity contribution in [2.45, 2.75) is 38.7 Å². The lowest BCUT2D eigenvalue weighted by Gasteiger charge is -2.19. The SMILES string of the molecule is Cn1cccc1C(O)CCNC(=O)Nc1ccc(C(C)(C)C)cc1. The number of amides is 2. The Kier molecular flexibility index (Phi) is 5.67. The number of hydrogen-bond donors (Lipinski definition) is 3. The van der Waals surface area contributed by atoms with Crippen LogP contribution in [0.2, 0.25) is 0 Å². The van der Waals surface area contributed by atoms with Gasteiger partial charge in [-0.15, -0.1) is 0 Å². The normalized spacial score (nSPS) is 12.7. The molecule has 0 saturated heterocycles. The molecule has 5 heteroatoms. The molecule has 0 radical (unpaired) electrons. The van der Waals surface area contributed by atoms with E-state index in [1.54, 1.807) is 0 Å². The summed E-state index contributed by atoms with van der Waals surface area (Å²) in [5.74, 6) is 0. The van der Waals surface area contributed by atoms with Crippen LogP contribution in [0.5, 0.6) is 0 Å². The Morgan fingerprint density at radius 1 is 1.21 bits per heavy atom. The summed E-state index contributed by atoms with van der Waals surface area (Å²) in [4.78, 5) is 11.9. The number of carbonyl (C=O) groups excluding carboxylic acids is 1. The first-order valence-electron chi connectivity index (χ1n) is 8.22. The molecule has 0 bridgehead atoms. The highest BCUT2D eigenvalue weighted by atomic mass is 16.3. The van der Waals surface area contributed by atoms with Crippen LogP contribution in [0, 0.1) is 0 Å². The largest absolute Gasteiger partial charge is 0.387 e. The Labute approximate surface area is 143 Å². The maximum Gasteiger partial charge on any atom is 0.319 e. The molecule has 0 aliphatic carbocycles. The maximum absolute atomic E-state index is 11.9. The summed E-state index contributed by atoms with van der Waals surface area (Å²) >= 11 is 0. The summed E-state index contributed by atoms with van der Waals surface area (Å²) in [5, 5.41) is 15.7. The van der Waals surface area contributed by atoms with E-state index in [0.717, 1.165) is 11.4 Å². The molecule has 0 aliphatic rings. The molecule has 1 heterocycles. The Hall–Kier alpha value is -2.27. The first-order chi connectivity index (χ1) is 11.3. The minimum atomic E-state index is -0.587. The van der Waals surface area contributed by atoms with Gasteiger partial charge in [0.05, 0.1) is 6.10 Å². The number of nitrogens with zero attached hydrogens (tertiary/aromatic N) is 1. The summed E-state index contributed by atoms with van der Waals surface area (Å²) in [5.41, 5.74) is 2.91. The van der Waals surface area contributed by atoms with Crippen molar-refractivity contribution in [3.63, 3.8) is 0 Å². The minimum absolute atomic E-state index is 0.0911. The van der Waals surface area contributed by atoms with Crippen molar-refractivity contribution in [3.8, 4) is 0 Å². The second kappa shape index (κ2) is 7.53.